The van der Waals surface area contributed by atoms with Gasteiger partial charge in [-0.25, -0.2) is 9.97 Å². The van der Waals surface area contributed by atoms with E-state index in [2.05, 4.69) is 15.3 Å². The first-order valence-corrected chi connectivity index (χ1v) is 9.75. The van der Waals surface area contributed by atoms with Gasteiger partial charge in [-0.2, -0.15) is 0 Å². The van der Waals surface area contributed by atoms with Crippen LogP contribution in [0.25, 0.3) is 20.4 Å². The van der Waals surface area contributed by atoms with Gasteiger partial charge in [0.1, 0.15) is 0 Å². The molecule has 0 fully saturated rings. The monoisotopic (exact) mass is 357 g/mol. The summed E-state index contributed by atoms with van der Waals surface area (Å²) in [7, 11) is 0. The molecule has 0 spiro atoms. The molecule has 4 nitrogen and oxygen atoms in total. The smallest absolute Gasteiger partial charge is 0.257 e. The number of benzene rings is 2. The summed E-state index contributed by atoms with van der Waals surface area (Å²) in [6.07, 6.45) is 2.02. The van der Waals surface area contributed by atoms with E-state index in [-0.39, 0.29) is 5.91 Å². The number of fused-ring (bicyclic) bond motifs is 2. The highest BCUT2D eigenvalue weighted by Gasteiger charge is 2.12. The zero-order chi connectivity index (χ0) is 15.8. The predicted molar refractivity (Wildman–Crippen MR) is 99.0 cm³/mol. The Labute approximate surface area is 144 Å². The third-order valence-corrected chi connectivity index (χ3v) is 5.91. The maximum absolute atomic E-state index is 12.4. The molecule has 0 aliphatic carbocycles. The van der Waals surface area contributed by atoms with Crippen LogP contribution in [0.4, 0.5) is 5.13 Å². The van der Waals surface area contributed by atoms with Gasteiger partial charge >= 0.3 is 0 Å². The summed E-state index contributed by atoms with van der Waals surface area (Å²) in [5.41, 5.74) is 4.25. The highest BCUT2D eigenvalue weighted by Crippen LogP contribution is 2.32. The fraction of sp³-hybridized carbons (Fsp3) is 0.0625. The Kier molecular flexibility index (Phi) is 3.76. The van der Waals surface area contributed by atoms with Gasteiger partial charge in [-0.3, -0.25) is 10.1 Å². The van der Waals surface area contributed by atoms with Gasteiger partial charge in [0, 0.05) is 10.5 Å². The number of carbonyl (C=O) groups is 1. The van der Waals surface area contributed by atoms with E-state index in [1.54, 1.807) is 23.3 Å². The Morgan fingerprint density at radius 2 is 2.13 bits per heavy atom. The molecule has 0 aliphatic heterocycles. The van der Waals surface area contributed by atoms with Crippen LogP contribution in [0.5, 0.6) is 0 Å². The highest BCUT2D eigenvalue weighted by molar-refractivity contribution is 7.98. The number of anilines is 1. The fourth-order valence-electron chi connectivity index (χ4n) is 2.31. The predicted octanol–water partition coefficient (Wildman–Crippen LogP) is 4.88. The molecule has 2 aromatic heterocycles. The molecule has 4 rings (SSSR count). The van der Waals surface area contributed by atoms with Crippen molar-refractivity contribution in [3.05, 3.63) is 47.5 Å². The van der Waals surface area contributed by atoms with Crippen molar-refractivity contribution < 1.29 is 4.79 Å². The van der Waals surface area contributed by atoms with Crippen molar-refractivity contribution in [2.75, 3.05) is 11.6 Å². The summed E-state index contributed by atoms with van der Waals surface area (Å²) >= 11 is 4.67. The molecule has 0 saturated heterocycles. The lowest BCUT2D eigenvalue weighted by atomic mass is 10.2. The standard InChI is InChI=1S/C16H11N3OS3/c1-21-11-3-2-4-12-14(11)18-16(23-12)19-15(20)9-5-6-10-13(7-9)22-8-17-10/h2-8H,1H3,(H,18,19,20). The first-order chi connectivity index (χ1) is 11.2. The third kappa shape index (κ3) is 2.71. The molecule has 0 bridgehead atoms. The van der Waals surface area contributed by atoms with Crippen LogP contribution in [0.15, 0.2) is 46.8 Å². The Morgan fingerprint density at radius 1 is 1.22 bits per heavy atom. The van der Waals surface area contributed by atoms with Crippen LogP contribution in [0.2, 0.25) is 0 Å². The fourth-order valence-corrected chi connectivity index (χ4v) is 4.54. The number of amides is 1. The average molecular weight is 357 g/mol. The van der Waals surface area contributed by atoms with Gasteiger partial charge < -0.3 is 0 Å². The van der Waals surface area contributed by atoms with Gasteiger partial charge in [0.25, 0.3) is 5.91 Å². The summed E-state index contributed by atoms with van der Waals surface area (Å²) in [5.74, 6) is -0.148. The molecule has 7 heteroatoms. The number of aromatic nitrogens is 2. The molecule has 2 heterocycles. The van der Waals surface area contributed by atoms with E-state index in [1.807, 2.05) is 36.6 Å². The Hall–Kier alpha value is -1.96. The minimum absolute atomic E-state index is 0.148. The van der Waals surface area contributed by atoms with Crippen molar-refractivity contribution >= 4 is 65.9 Å². The number of rotatable bonds is 3. The summed E-state index contributed by atoms with van der Waals surface area (Å²) in [4.78, 5) is 22.3. The summed E-state index contributed by atoms with van der Waals surface area (Å²) in [6, 6.07) is 11.6. The maximum atomic E-state index is 12.4. The van der Waals surface area contributed by atoms with Crippen molar-refractivity contribution in [1.82, 2.24) is 9.97 Å². The number of thioether (sulfide) groups is 1. The van der Waals surface area contributed by atoms with E-state index in [4.69, 9.17) is 0 Å². The number of nitrogens with zero attached hydrogens (tertiary/aromatic N) is 2. The third-order valence-electron chi connectivity index (χ3n) is 3.42. The number of hydrogen-bond acceptors (Lipinski definition) is 6. The van der Waals surface area contributed by atoms with Crippen molar-refractivity contribution in [3.8, 4) is 0 Å². The molecule has 0 aliphatic rings. The summed E-state index contributed by atoms with van der Waals surface area (Å²) in [5, 5.41) is 3.52. The minimum atomic E-state index is -0.148. The lowest BCUT2D eigenvalue weighted by Gasteiger charge is -2.01. The SMILES string of the molecule is CSc1cccc2sc(NC(=O)c3ccc4ncsc4c3)nc12. The van der Waals surface area contributed by atoms with Gasteiger partial charge in [-0.15, -0.1) is 23.1 Å². The van der Waals surface area contributed by atoms with E-state index >= 15 is 0 Å². The van der Waals surface area contributed by atoms with Crippen molar-refractivity contribution in [1.29, 1.82) is 0 Å². The van der Waals surface area contributed by atoms with E-state index in [1.165, 1.54) is 22.7 Å². The quantitative estimate of drug-likeness (QED) is 0.531. The maximum Gasteiger partial charge on any atom is 0.257 e. The largest absolute Gasteiger partial charge is 0.298 e. The molecule has 23 heavy (non-hydrogen) atoms. The number of nitrogens with one attached hydrogen (secondary N) is 1. The minimum Gasteiger partial charge on any atom is -0.298 e. The molecule has 0 saturated carbocycles. The first kappa shape index (κ1) is 14.6. The van der Waals surface area contributed by atoms with Crippen LogP contribution in [0, 0.1) is 0 Å². The molecular formula is C16H11N3OS3. The lowest BCUT2D eigenvalue weighted by molar-refractivity contribution is 0.102. The molecule has 1 amide bonds. The topological polar surface area (TPSA) is 54.9 Å². The van der Waals surface area contributed by atoms with Gasteiger partial charge in [-0.05, 0) is 36.6 Å². The molecular weight excluding hydrogens is 346 g/mol. The molecule has 114 valence electrons. The summed E-state index contributed by atoms with van der Waals surface area (Å²) < 4.78 is 2.08. The average Bonchev–Trinajstić information content (AvgIpc) is 3.19. The van der Waals surface area contributed by atoms with Crippen LogP contribution < -0.4 is 5.32 Å². The normalized spacial score (nSPS) is 11.2. The number of hydrogen-bond donors (Lipinski definition) is 1. The zero-order valence-electron chi connectivity index (χ0n) is 12.1. The second-order valence-electron chi connectivity index (χ2n) is 4.82. The van der Waals surface area contributed by atoms with Crippen LogP contribution in [0.1, 0.15) is 10.4 Å². The number of para-hydroxylation sites is 1. The van der Waals surface area contributed by atoms with Gasteiger partial charge in [-0.1, -0.05) is 17.4 Å². The molecule has 4 aromatic rings. The van der Waals surface area contributed by atoms with E-state index < -0.39 is 0 Å². The van der Waals surface area contributed by atoms with Crippen LogP contribution in [0.3, 0.4) is 0 Å². The number of carbonyl (C=O) groups excluding carboxylic acids is 1. The Balaban J connectivity index is 1.65. The van der Waals surface area contributed by atoms with E-state index in [9.17, 15) is 4.79 Å². The van der Waals surface area contributed by atoms with Gasteiger partial charge in [0.15, 0.2) is 5.13 Å². The zero-order valence-corrected chi connectivity index (χ0v) is 14.5. The molecule has 0 radical (unpaired) electrons. The van der Waals surface area contributed by atoms with Crippen LogP contribution in [-0.2, 0) is 0 Å². The van der Waals surface area contributed by atoms with Crippen molar-refractivity contribution in [3.63, 3.8) is 0 Å². The van der Waals surface area contributed by atoms with Crippen molar-refractivity contribution in [2.24, 2.45) is 0 Å². The van der Waals surface area contributed by atoms with E-state index in [0.717, 1.165) is 25.3 Å². The van der Waals surface area contributed by atoms with Crippen LogP contribution >= 0.6 is 34.4 Å². The molecule has 0 unspecified atom stereocenters. The van der Waals surface area contributed by atoms with E-state index in [0.29, 0.717) is 10.7 Å². The second kappa shape index (κ2) is 5.92. The Bertz CT molecular complexity index is 1020. The van der Waals surface area contributed by atoms with Gasteiger partial charge in [0.2, 0.25) is 0 Å². The van der Waals surface area contributed by atoms with Crippen molar-refractivity contribution in [2.45, 2.75) is 4.90 Å². The highest BCUT2D eigenvalue weighted by atomic mass is 32.2. The summed E-state index contributed by atoms with van der Waals surface area (Å²) in [6.45, 7) is 0. The van der Waals surface area contributed by atoms with Crippen LogP contribution in [-0.4, -0.2) is 22.1 Å². The molecule has 0 atom stereocenters. The lowest BCUT2D eigenvalue weighted by Crippen LogP contribution is -2.11. The number of thiazole rings is 2. The molecule has 1 N–H and O–H groups in total. The molecule has 2 aromatic carbocycles. The Morgan fingerprint density at radius 3 is 3.00 bits per heavy atom. The van der Waals surface area contributed by atoms with Gasteiger partial charge in [0.05, 0.1) is 25.9 Å². The first-order valence-electron chi connectivity index (χ1n) is 6.83. The second-order valence-corrected chi connectivity index (χ2v) is 7.58.